The van der Waals surface area contributed by atoms with E-state index in [1.807, 2.05) is 12.1 Å². The molecule has 1 aromatic heterocycles. The Morgan fingerprint density at radius 3 is 2.84 bits per heavy atom. The molecule has 2 rings (SSSR count). The summed E-state index contributed by atoms with van der Waals surface area (Å²) >= 11 is 0. The Bertz CT molecular complexity index is 465. The third-order valence-corrected chi connectivity index (χ3v) is 3.04. The zero-order valence-electron chi connectivity index (χ0n) is 11.4. The van der Waals surface area contributed by atoms with Crippen LogP contribution in [0.1, 0.15) is 23.3 Å². The molecule has 1 N–H and O–H groups in total. The summed E-state index contributed by atoms with van der Waals surface area (Å²) in [7, 11) is 0. The third-order valence-electron chi connectivity index (χ3n) is 3.04. The van der Waals surface area contributed by atoms with Crippen LogP contribution in [0, 0.1) is 6.92 Å². The van der Waals surface area contributed by atoms with Gasteiger partial charge in [0.05, 0.1) is 6.26 Å². The van der Waals surface area contributed by atoms with Gasteiger partial charge in [-0.1, -0.05) is 24.3 Å². The van der Waals surface area contributed by atoms with E-state index < -0.39 is 0 Å². The van der Waals surface area contributed by atoms with E-state index in [0.717, 1.165) is 31.9 Å². The van der Waals surface area contributed by atoms with E-state index in [0.29, 0.717) is 6.61 Å². The average molecular weight is 259 g/mol. The Morgan fingerprint density at radius 1 is 1.16 bits per heavy atom. The Morgan fingerprint density at radius 2 is 2.05 bits per heavy atom. The lowest BCUT2D eigenvalue weighted by molar-refractivity contribution is 0.104. The molecule has 0 aliphatic carbocycles. The molecule has 19 heavy (non-hydrogen) atoms. The molecule has 0 saturated heterocycles. The summed E-state index contributed by atoms with van der Waals surface area (Å²) in [6.45, 7) is 5.34. The third kappa shape index (κ3) is 4.89. The first-order valence-electron chi connectivity index (χ1n) is 6.71. The maximum atomic E-state index is 5.52. The topological polar surface area (TPSA) is 34.4 Å². The van der Waals surface area contributed by atoms with Crippen LogP contribution in [0.2, 0.25) is 0 Å². The number of aryl methyl sites for hydroxylation is 1. The number of hydrogen-bond donors (Lipinski definition) is 1. The second kappa shape index (κ2) is 7.77. The molecule has 0 atom stereocenters. The van der Waals surface area contributed by atoms with Crippen molar-refractivity contribution in [2.45, 2.75) is 26.5 Å². The number of ether oxygens (including phenoxy) is 1. The van der Waals surface area contributed by atoms with Gasteiger partial charge in [-0.25, -0.2) is 0 Å². The van der Waals surface area contributed by atoms with Crippen LogP contribution in [0.5, 0.6) is 0 Å². The Balaban J connectivity index is 1.52. The van der Waals surface area contributed by atoms with Crippen LogP contribution >= 0.6 is 0 Å². The Hall–Kier alpha value is -1.58. The van der Waals surface area contributed by atoms with Crippen LogP contribution in [0.4, 0.5) is 0 Å². The predicted octanol–water partition coefficient (Wildman–Crippen LogP) is 3.28. The van der Waals surface area contributed by atoms with Crippen molar-refractivity contribution < 1.29 is 9.15 Å². The largest absolute Gasteiger partial charge is 0.467 e. The fourth-order valence-corrected chi connectivity index (χ4v) is 1.90. The van der Waals surface area contributed by atoms with Gasteiger partial charge < -0.3 is 14.5 Å². The molecule has 0 unspecified atom stereocenters. The zero-order chi connectivity index (χ0) is 13.3. The van der Waals surface area contributed by atoms with Crippen molar-refractivity contribution >= 4 is 0 Å². The molecule has 0 bridgehead atoms. The molecule has 1 heterocycles. The van der Waals surface area contributed by atoms with E-state index in [-0.39, 0.29) is 0 Å². The lowest BCUT2D eigenvalue weighted by atomic mass is 10.1. The van der Waals surface area contributed by atoms with Crippen LogP contribution in [0.3, 0.4) is 0 Å². The lowest BCUT2D eigenvalue weighted by Crippen LogP contribution is -2.16. The van der Waals surface area contributed by atoms with E-state index in [9.17, 15) is 0 Å². The fraction of sp³-hybridized carbons (Fsp3) is 0.375. The molecular weight excluding hydrogens is 238 g/mol. The van der Waals surface area contributed by atoms with Crippen molar-refractivity contribution in [2.24, 2.45) is 0 Å². The molecule has 0 amide bonds. The lowest BCUT2D eigenvalue weighted by Gasteiger charge is -2.07. The highest BCUT2D eigenvalue weighted by Crippen LogP contribution is 2.06. The van der Waals surface area contributed by atoms with Crippen LogP contribution < -0.4 is 5.32 Å². The van der Waals surface area contributed by atoms with Crippen molar-refractivity contribution in [3.8, 4) is 0 Å². The molecule has 3 nitrogen and oxygen atoms in total. The van der Waals surface area contributed by atoms with Gasteiger partial charge in [0.15, 0.2) is 0 Å². The average Bonchev–Trinajstić information content (AvgIpc) is 2.93. The summed E-state index contributed by atoms with van der Waals surface area (Å²) in [5, 5.41) is 3.43. The first-order valence-corrected chi connectivity index (χ1v) is 6.71. The molecule has 0 aliphatic rings. The number of hydrogen-bond acceptors (Lipinski definition) is 3. The van der Waals surface area contributed by atoms with Gasteiger partial charge in [0.1, 0.15) is 12.4 Å². The van der Waals surface area contributed by atoms with Gasteiger partial charge >= 0.3 is 0 Å². The van der Waals surface area contributed by atoms with E-state index in [4.69, 9.17) is 9.15 Å². The number of benzene rings is 1. The molecule has 1 aromatic carbocycles. The number of furan rings is 1. The van der Waals surface area contributed by atoms with Crippen LogP contribution in [-0.4, -0.2) is 13.2 Å². The quantitative estimate of drug-likeness (QED) is 0.739. The number of rotatable bonds is 8. The van der Waals surface area contributed by atoms with Crippen LogP contribution in [-0.2, 0) is 17.9 Å². The first kappa shape index (κ1) is 13.8. The van der Waals surface area contributed by atoms with E-state index in [1.54, 1.807) is 6.26 Å². The first-order chi connectivity index (χ1) is 9.36. The second-order valence-electron chi connectivity index (χ2n) is 4.59. The maximum absolute atomic E-state index is 5.52. The summed E-state index contributed by atoms with van der Waals surface area (Å²) in [6, 6.07) is 12.3. The highest BCUT2D eigenvalue weighted by atomic mass is 16.5. The summed E-state index contributed by atoms with van der Waals surface area (Å²) < 4.78 is 10.7. The highest BCUT2D eigenvalue weighted by molar-refractivity contribution is 5.25. The standard InChI is InChI=1S/C16H21NO2/c1-14-6-2-3-7-15(14)12-17-9-5-10-18-13-16-8-4-11-19-16/h2-4,6-8,11,17H,5,9-10,12-13H2,1H3. The molecular formula is C16H21NO2. The van der Waals surface area contributed by atoms with Gasteiger partial charge in [-0.05, 0) is 43.1 Å². The van der Waals surface area contributed by atoms with Crippen LogP contribution in [0.15, 0.2) is 47.1 Å². The van der Waals surface area contributed by atoms with Crippen molar-refractivity contribution in [2.75, 3.05) is 13.2 Å². The minimum atomic E-state index is 0.560. The van der Waals surface area contributed by atoms with Gasteiger partial charge in [0.25, 0.3) is 0 Å². The molecule has 0 fully saturated rings. The zero-order valence-corrected chi connectivity index (χ0v) is 11.4. The minimum absolute atomic E-state index is 0.560. The van der Waals surface area contributed by atoms with Crippen molar-refractivity contribution in [3.05, 3.63) is 59.5 Å². The van der Waals surface area contributed by atoms with E-state index >= 15 is 0 Å². The normalized spacial score (nSPS) is 10.8. The van der Waals surface area contributed by atoms with Gasteiger partial charge in [-0.3, -0.25) is 0 Å². The molecule has 0 spiro atoms. The SMILES string of the molecule is Cc1ccccc1CNCCCOCc1ccco1. The fourth-order valence-electron chi connectivity index (χ4n) is 1.90. The van der Waals surface area contributed by atoms with Gasteiger partial charge in [-0.2, -0.15) is 0 Å². The Kier molecular flexibility index (Phi) is 5.66. The monoisotopic (exact) mass is 259 g/mol. The van der Waals surface area contributed by atoms with Gasteiger partial charge in [-0.15, -0.1) is 0 Å². The van der Waals surface area contributed by atoms with Gasteiger partial charge in [0.2, 0.25) is 0 Å². The molecule has 0 radical (unpaired) electrons. The predicted molar refractivity (Wildman–Crippen MR) is 75.9 cm³/mol. The van der Waals surface area contributed by atoms with Crippen LogP contribution in [0.25, 0.3) is 0 Å². The molecule has 102 valence electrons. The molecule has 3 heteroatoms. The molecule has 2 aromatic rings. The summed E-state index contributed by atoms with van der Waals surface area (Å²) in [5.41, 5.74) is 2.70. The van der Waals surface area contributed by atoms with E-state index in [1.165, 1.54) is 11.1 Å². The molecule has 0 aliphatic heterocycles. The summed E-state index contributed by atoms with van der Waals surface area (Å²) in [5.74, 6) is 0.882. The number of nitrogens with one attached hydrogen (secondary N) is 1. The van der Waals surface area contributed by atoms with Gasteiger partial charge in [0, 0.05) is 13.2 Å². The smallest absolute Gasteiger partial charge is 0.129 e. The Labute approximate surface area is 114 Å². The second-order valence-corrected chi connectivity index (χ2v) is 4.59. The highest BCUT2D eigenvalue weighted by Gasteiger charge is 1.97. The minimum Gasteiger partial charge on any atom is -0.467 e. The summed E-state index contributed by atoms with van der Waals surface area (Å²) in [4.78, 5) is 0. The summed E-state index contributed by atoms with van der Waals surface area (Å²) in [6.07, 6.45) is 2.68. The van der Waals surface area contributed by atoms with Crippen molar-refractivity contribution in [1.29, 1.82) is 0 Å². The van der Waals surface area contributed by atoms with Crippen molar-refractivity contribution in [1.82, 2.24) is 5.32 Å². The maximum Gasteiger partial charge on any atom is 0.129 e. The molecule has 0 saturated carbocycles. The van der Waals surface area contributed by atoms with Crippen molar-refractivity contribution in [3.63, 3.8) is 0 Å². The van der Waals surface area contributed by atoms with E-state index in [2.05, 4.69) is 36.5 Å².